The van der Waals surface area contributed by atoms with Crippen molar-refractivity contribution in [3.8, 4) is 0 Å². The van der Waals surface area contributed by atoms with Gasteiger partial charge in [0.2, 0.25) is 15.9 Å². The molecule has 0 saturated heterocycles. The van der Waals surface area contributed by atoms with Crippen LogP contribution in [0.2, 0.25) is 0 Å². The fourth-order valence-corrected chi connectivity index (χ4v) is 2.09. The summed E-state index contributed by atoms with van der Waals surface area (Å²) in [6, 6.07) is 7.95. The van der Waals surface area contributed by atoms with Crippen molar-refractivity contribution in [1.82, 2.24) is 9.62 Å². The van der Waals surface area contributed by atoms with Gasteiger partial charge in [0.25, 0.3) is 0 Å². The largest absolute Gasteiger partial charge is 0.357 e. The number of hydrogen-bond donors (Lipinski definition) is 1. The van der Waals surface area contributed by atoms with Crippen LogP contribution in [-0.2, 0) is 14.8 Å². The normalized spacial score (nSPS) is 13.4. The van der Waals surface area contributed by atoms with Crippen molar-refractivity contribution in [1.29, 1.82) is 0 Å². The van der Waals surface area contributed by atoms with Crippen molar-refractivity contribution in [3.05, 3.63) is 35.9 Å². The maximum atomic E-state index is 11.8. The van der Waals surface area contributed by atoms with Gasteiger partial charge < -0.3 is 5.32 Å². The number of benzene rings is 1. The first-order valence-corrected chi connectivity index (χ1v) is 6.92. The number of rotatable bonds is 4. The van der Waals surface area contributed by atoms with E-state index in [0.717, 1.165) is 10.6 Å². The Kier molecular flexibility index (Phi) is 4.25. The zero-order valence-electron chi connectivity index (χ0n) is 10.0. The molecule has 0 heterocycles. The van der Waals surface area contributed by atoms with Crippen molar-refractivity contribution in [3.63, 3.8) is 0 Å². The SMILES string of the molecule is CNC(=O)[C@H](c1ccccc1)N(C)S(C)(=O)=O. The summed E-state index contributed by atoms with van der Waals surface area (Å²) in [6.07, 6.45) is 1.08. The fraction of sp³-hybridized carbons (Fsp3) is 0.364. The van der Waals surface area contributed by atoms with Gasteiger partial charge in [-0.25, -0.2) is 8.42 Å². The van der Waals surface area contributed by atoms with E-state index in [4.69, 9.17) is 0 Å². The standard InChI is InChI=1S/C11H16N2O3S/c1-12-11(14)10(13(2)17(3,15)16)9-7-5-4-6-8-9/h4-8,10H,1-3H3,(H,12,14)/t10-/m0/s1. The molecule has 0 aliphatic rings. The molecule has 17 heavy (non-hydrogen) atoms. The minimum atomic E-state index is -3.43. The van der Waals surface area contributed by atoms with Gasteiger partial charge in [0, 0.05) is 14.1 Å². The molecule has 1 N–H and O–H groups in total. The molecule has 5 nitrogen and oxygen atoms in total. The number of carbonyl (C=O) groups is 1. The molecular formula is C11H16N2O3S. The third-order valence-electron chi connectivity index (χ3n) is 2.50. The maximum absolute atomic E-state index is 11.8. The van der Waals surface area contributed by atoms with E-state index in [1.165, 1.54) is 14.1 Å². The van der Waals surface area contributed by atoms with Gasteiger partial charge in [-0.05, 0) is 5.56 Å². The summed E-state index contributed by atoms with van der Waals surface area (Å²) in [4.78, 5) is 11.8. The molecule has 0 saturated carbocycles. The lowest BCUT2D eigenvalue weighted by atomic mass is 10.1. The van der Waals surface area contributed by atoms with Crippen LogP contribution in [0.25, 0.3) is 0 Å². The van der Waals surface area contributed by atoms with E-state index in [1.54, 1.807) is 24.3 Å². The van der Waals surface area contributed by atoms with Gasteiger partial charge in [0.05, 0.1) is 6.26 Å². The first-order valence-electron chi connectivity index (χ1n) is 5.07. The van der Waals surface area contributed by atoms with E-state index in [-0.39, 0.29) is 5.91 Å². The molecule has 0 unspecified atom stereocenters. The number of amides is 1. The number of hydrogen-bond acceptors (Lipinski definition) is 3. The van der Waals surface area contributed by atoms with Crippen LogP contribution in [-0.4, -0.2) is 39.0 Å². The summed E-state index contributed by atoms with van der Waals surface area (Å²) >= 11 is 0. The summed E-state index contributed by atoms with van der Waals surface area (Å²) in [7, 11) is -0.561. The molecule has 1 aromatic rings. The highest BCUT2D eigenvalue weighted by atomic mass is 32.2. The van der Waals surface area contributed by atoms with Crippen LogP contribution in [0.5, 0.6) is 0 Å². The van der Waals surface area contributed by atoms with Gasteiger partial charge in [-0.3, -0.25) is 4.79 Å². The Morgan fingerprint density at radius 1 is 1.29 bits per heavy atom. The van der Waals surface area contributed by atoms with E-state index in [1.807, 2.05) is 6.07 Å². The van der Waals surface area contributed by atoms with Gasteiger partial charge in [-0.2, -0.15) is 4.31 Å². The average Bonchev–Trinajstić information content (AvgIpc) is 2.29. The molecule has 0 fully saturated rings. The van der Waals surface area contributed by atoms with E-state index < -0.39 is 16.1 Å². The topological polar surface area (TPSA) is 66.5 Å². The van der Waals surface area contributed by atoms with Crippen molar-refractivity contribution >= 4 is 15.9 Å². The Labute approximate surface area is 101 Å². The second kappa shape index (κ2) is 5.29. The van der Waals surface area contributed by atoms with Crippen LogP contribution in [0.3, 0.4) is 0 Å². The highest BCUT2D eigenvalue weighted by Gasteiger charge is 2.29. The Bertz CT molecular complexity index is 485. The van der Waals surface area contributed by atoms with Crippen LogP contribution >= 0.6 is 0 Å². The number of sulfonamides is 1. The molecule has 0 aliphatic carbocycles. The lowest BCUT2D eigenvalue weighted by Crippen LogP contribution is -2.39. The second-order valence-electron chi connectivity index (χ2n) is 3.71. The predicted molar refractivity (Wildman–Crippen MR) is 65.9 cm³/mol. The molecule has 0 aromatic heterocycles. The van der Waals surface area contributed by atoms with Gasteiger partial charge >= 0.3 is 0 Å². The number of carbonyl (C=O) groups excluding carboxylic acids is 1. The van der Waals surface area contributed by atoms with E-state index in [9.17, 15) is 13.2 Å². The monoisotopic (exact) mass is 256 g/mol. The lowest BCUT2D eigenvalue weighted by molar-refractivity contribution is -0.124. The summed E-state index contributed by atoms with van der Waals surface area (Å²) in [5.41, 5.74) is 0.639. The van der Waals surface area contributed by atoms with Crippen molar-refractivity contribution in [2.75, 3.05) is 20.4 Å². The van der Waals surface area contributed by atoms with Crippen LogP contribution in [0, 0.1) is 0 Å². The van der Waals surface area contributed by atoms with Gasteiger partial charge in [-0.15, -0.1) is 0 Å². The summed E-state index contributed by atoms with van der Waals surface area (Å²) in [5, 5.41) is 2.47. The summed E-state index contributed by atoms with van der Waals surface area (Å²) in [5.74, 6) is -0.357. The van der Waals surface area contributed by atoms with Crippen LogP contribution in [0.1, 0.15) is 11.6 Å². The van der Waals surface area contributed by atoms with Crippen LogP contribution < -0.4 is 5.32 Å². The summed E-state index contributed by atoms with van der Waals surface area (Å²) < 4.78 is 24.1. The highest BCUT2D eigenvalue weighted by Crippen LogP contribution is 2.21. The Morgan fingerprint density at radius 3 is 2.24 bits per heavy atom. The fourth-order valence-electron chi connectivity index (χ4n) is 1.49. The molecular weight excluding hydrogens is 240 g/mol. The molecule has 1 rings (SSSR count). The number of nitrogens with one attached hydrogen (secondary N) is 1. The summed E-state index contributed by atoms with van der Waals surface area (Å²) in [6.45, 7) is 0. The van der Waals surface area contributed by atoms with Crippen LogP contribution in [0.15, 0.2) is 30.3 Å². The van der Waals surface area contributed by atoms with E-state index in [2.05, 4.69) is 5.32 Å². The molecule has 0 aliphatic heterocycles. The highest BCUT2D eigenvalue weighted by molar-refractivity contribution is 7.88. The van der Waals surface area contributed by atoms with Crippen molar-refractivity contribution in [2.45, 2.75) is 6.04 Å². The number of likely N-dealkylation sites (N-methyl/N-ethyl adjacent to an activating group) is 2. The Balaban J connectivity index is 3.19. The Hall–Kier alpha value is -1.40. The lowest BCUT2D eigenvalue weighted by Gasteiger charge is -2.24. The molecule has 6 heteroatoms. The molecule has 1 aromatic carbocycles. The molecule has 0 spiro atoms. The van der Waals surface area contributed by atoms with Crippen LogP contribution in [0.4, 0.5) is 0 Å². The third kappa shape index (κ3) is 3.28. The molecule has 1 amide bonds. The minimum absolute atomic E-state index is 0.357. The van der Waals surface area contributed by atoms with Crippen molar-refractivity contribution in [2.24, 2.45) is 0 Å². The van der Waals surface area contributed by atoms with E-state index in [0.29, 0.717) is 5.56 Å². The van der Waals surface area contributed by atoms with Gasteiger partial charge in [-0.1, -0.05) is 30.3 Å². The Morgan fingerprint density at radius 2 is 1.82 bits per heavy atom. The average molecular weight is 256 g/mol. The third-order valence-corrected chi connectivity index (χ3v) is 3.75. The zero-order chi connectivity index (χ0) is 13.1. The van der Waals surface area contributed by atoms with E-state index >= 15 is 0 Å². The second-order valence-corrected chi connectivity index (χ2v) is 5.75. The molecule has 94 valence electrons. The number of nitrogens with zero attached hydrogens (tertiary/aromatic N) is 1. The molecule has 1 atom stereocenters. The maximum Gasteiger partial charge on any atom is 0.242 e. The molecule has 0 bridgehead atoms. The first kappa shape index (κ1) is 13.7. The predicted octanol–water partition coefficient (Wildman–Crippen LogP) is 0.365. The van der Waals surface area contributed by atoms with Crippen molar-refractivity contribution < 1.29 is 13.2 Å². The quantitative estimate of drug-likeness (QED) is 0.846. The van der Waals surface area contributed by atoms with Gasteiger partial charge in [0.1, 0.15) is 6.04 Å². The molecule has 0 radical (unpaired) electrons. The zero-order valence-corrected chi connectivity index (χ0v) is 10.9. The van der Waals surface area contributed by atoms with Gasteiger partial charge in [0.15, 0.2) is 0 Å². The smallest absolute Gasteiger partial charge is 0.242 e. The minimum Gasteiger partial charge on any atom is -0.357 e. The first-order chi connectivity index (χ1) is 7.88.